The van der Waals surface area contributed by atoms with Crippen LogP contribution in [0.1, 0.15) is 38.4 Å². The fourth-order valence-electron chi connectivity index (χ4n) is 2.16. The summed E-state index contributed by atoms with van der Waals surface area (Å²) < 4.78 is 0. The normalized spacial score (nSPS) is 19.9. The molecule has 104 valence electrons. The maximum Gasteiger partial charge on any atom is 0.222 e. The van der Waals surface area contributed by atoms with Crippen LogP contribution in [0.3, 0.4) is 0 Å². The van der Waals surface area contributed by atoms with Gasteiger partial charge in [-0.3, -0.25) is 4.79 Å². The Morgan fingerprint density at radius 2 is 2.21 bits per heavy atom. The number of nitrogens with one attached hydrogen (secondary N) is 1. The van der Waals surface area contributed by atoms with Gasteiger partial charge in [-0.05, 0) is 6.42 Å². The van der Waals surface area contributed by atoms with Gasteiger partial charge in [0.25, 0.3) is 0 Å². The zero-order chi connectivity index (χ0) is 14.0. The van der Waals surface area contributed by atoms with Crippen LogP contribution in [-0.4, -0.2) is 40.4 Å². The number of amides is 1. The van der Waals surface area contributed by atoms with Gasteiger partial charge >= 0.3 is 0 Å². The van der Waals surface area contributed by atoms with E-state index in [2.05, 4.69) is 15.3 Å². The third-order valence-electron chi connectivity index (χ3n) is 3.26. The molecule has 1 aromatic heterocycles. The lowest BCUT2D eigenvalue weighted by molar-refractivity contribution is -0.132. The summed E-state index contributed by atoms with van der Waals surface area (Å²) in [5, 5.41) is 3.34. The molecule has 0 aliphatic carbocycles. The molecule has 0 bridgehead atoms. The van der Waals surface area contributed by atoms with Crippen LogP contribution in [0.15, 0.2) is 6.07 Å². The van der Waals surface area contributed by atoms with E-state index in [0.29, 0.717) is 18.8 Å². The van der Waals surface area contributed by atoms with Crippen LogP contribution in [0, 0.1) is 0 Å². The van der Waals surface area contributed by atoms with Gasteiger partial charge in [-0.25, -0.2) is 9.97 Å². The third-order valence-corrected chi connectivity index (χ3v) is 3.26. The van der Waals surface area contributed by atoms with Gasteiger partial charge in [0.2, 0.25) is 5.91 Å². The lowest BCUT2D eigenvalue weighted by Crippen LogP contribution is -2.43. The summed E-state index contributed by atoms with van der Waals surface area (Å²) in [6, 6.07) is 1.96. The van der Waals surface area contributed by atoms with Crippen molar-refractivity contribution in [2.24, 2.45) is 0 Å². The van der Waals surface area contributed by atoms with Crippen LogP contribution in [-0.2, 0) is 4.79 Å². The van der Waals surface area contributed by atoms with Crippen molar-refractivity contribution in [2.75, 3.05) is 24.6 Å². The molecule has 1 saturated heterocycles. The zero-order valence-electron chi connectivity index (χ0n) is 11.7. The standard InChI is InChI=1S/C13H21N5O/c1-8(2)13-16-10(14)6-11(17-13)15-9-4-5-12(19)18(3)7-9/h6,8-9H,4-5,7H2,1-3H3,(H3,14,15,16,17). The molecular formula is C13H21N5O. The van der Waals surface area contributed by atoms with Crippen LogP contribution in [0.2, 0.25) is 0 Å². The second-order valence-corrected chi connectivity index (χ2v) is 5.35. The quantitative estimate of drug-likeness (QED) is 0.856. The highest BCUT2D eigenvalue weighted by Gasteiger charge is 2.23. The number of rotatable bonds is 3. The first-order chi connectivity index (χ1) is 8.95. The van der Waals surface area contributed by atoms with Gasteiger partial charge in [0.05, 0.1) is 0 Å². The molecule has 0 aromatic carbocycles. The van der Waals surface area contributed by atoms with E-state index >= 15 is 0 Å². The second-order valence-electron chi connectivity index (χ2n) is 5.35. The number of likely N-dealkylation sites (tertiary alicyclic amines) is 1. The first-order valence-corrected chi connectivity index (χ1v) is 6.60. The number of nitrogens with two attached hydrogens (primary N) is 1. The summed E-state index contributed by atoms with van der Waals surface area (Å²) in [5.74, 6) is 2.39. The summed E-state index contributed by atoms with van der Waals surface area (Å²) in [6.45, 7) is 4.76. The highest BCUT2D eigenvalue weighted by atomic mass is 16.2. The van der Waals surface area contributed by atoms with E-state index < -0.39 is 0 Å². The fourth-order valence-corrected chi connectivity index (χ4v) is 2.16. The Bertz CT molecular complexity index is 474. The van der Waals surface area contributed by atoms with Crippen molar-refractivity contribution in [1.29, 1.82) is 0 Å². The number of hydrogen-bond donors (Lipinski definition) is 2. The molecule has 2 heterocycles. The average molecular weight is 263 g/mol. The molecule has 2 rings (SSSR count). The van der Waals surface area contributed by atoms with E-state index in [1.165, 1.54) is 0 Å². The molecule has 1 aromatic rings. The second kappa shape index (κ2) is 5.42. The minimum atomic E-state index is 0.197. The number of carbonyl (C=O) groups is 1. The van der Waals surface area contributed by atoms with Crippen LogP contribution >= 0.6 is 0 Å². The van der Waals surface area contributed by atoms with Crippen molar-refractivity contribution in [3.8, 4) is 0 Å². The van der Waals surface area contributed by atoms with Crippen molar-refractivity contribution >= 4 is 17.5 Å². The number of nitrogen functional groups attached to an aromatic ring is 1. The number of nitrogens with zero attached hydrogens (tertiary/aromatic N) is 3. The molecule has 6 heteroatoms. The number of likely N-dealkylation sites (N-methyl/N-ethyl adjacent to an activating group) is 1. The van der Waals surface area contributed by atoms with Crippen molar-refractivity contribution in [2.45, 2.75) is 38.6 Å². The Kier molecular flexibility index (Phi) is 3.87. The topological polar surface area (TPSA) is 84.1 Å². The maximum atomic E-state index is 11.4. The Labute approximate surface area is 113 Å². The molecule has 19 heavy (non-hydrogen) atoms. The fraction of sp³-hybridized carbons (Fsp3) is 0.615. The Morgan fingerprint density at radius 1 is 1.47 bits per heavy atom. The molecule has 1 amide bonds. The van der Waals surface area contributed by atoms with Crippen LogP contribution in [0.5, 0.6) is 0 Å². The van der Waals surface area contributed by atoms with E-state index in [4.69, 9.17) is 5.73 Å². The van der Waals surface area contributed by atoms with Crippen LogP contribution < -0.4 is 11.1 Å². The number of carbonyl (C=O) groups excluding carboxylic acids is 1. The molecule has 1 unspecified atom stereocenters. The van der Waals surface area contributed by atoms with Gasteiger partial charge in [-0.2, -0.15) is 0 Å². The van der Waals surface area contributed by atoms with Gasteiger partial charge in [-0.15, -0.1) is 0 Å². The van der Waals surface area contributed by atoms with E-state index in [0.717, 1.165) is 18.1 Å². The summed E-state index contributed by atoms with van der Waals surface area (Å²) in [7, 11) is 1.82. The Morgan fingerprint density at radius 3 is 2.84 bits per heavy atom. The lowest BCUT2D eigenvalue weighted by Gasteiger charge is -2.30. The average Bonchev–Trinajstić information content (AvgIpc) is 2.33. The van der Waals surface area contributed by atoms with Gasteiger partial charge in [0.15, 0.2) is 0 Å². The summed E-state index contributed by atoms with van der Waals surface area (Å²) in [4.78, 5) is 21.9. The summed E-state index contributed by atoms with van der Waals surface area (Å²) >= 11 is 0. The highest BCUT2D eigenvalue weighted by molar-refractivity contribution is 5.77. The predicted molar refractivity (Wildman–Crippen MR) is 74.8 cm³/mol. The smallest absolute Gasteiger partial charge is 0.222 e. The minimum Gasteiger partial charge on any atom is -0.384 e. The number of piperidine rings is 1. The van der Waals surface area contributed by atoms with E-state index in [-0.39, 0.29) is 17.9 Å². The predicted octanol–water partition coefficient (Wildman–Crippen LogP) is 1.21. The molecule has 1 fully saturated rings. The van der Waals surface area contributed by atoms with E-state index in [1.54, 1.807) is 11.0 Å². The molecule has 0 spiro atoms. The van der Waals surface area contributed by atoms with Crippen LogP contribution in [0.4, 0.5) is 11.6 Å². The summed E-state index contributed by atoms with van der Waals surface area (Å²) in [5.41, 5.74) is 5.80. The third kappa shape index (κ3) is 3.33. The SMILES string of the molecule is CC(C)c1nc(N)cc(NC2CCC(=O)N(C)C2)n1. The number of aromatic nitrogens is 2. The first kappa shape index (κ1) is 13.6. The van der Waals surface area contributed by atoms with E-state index in [1.807, 2.05) is 20.9 Å². The first-order valence-electron chi connectivity index (χ1n) is 6.60. The van der Waals surface area contributed by atoms with Gasteiger partial charge in [-0.1, -0.05) is 13.8 Å². The number of anilines is 2. The molecule has 3 N–H and O–H groups in total. The van der Waals surface area contributed by atoms with Gasteiger partial charge in [0.1, 0.15) is 17.5 Å². The summed E-state index contributed by atoms with van der Waals surface area (Å²) in [6.07, 6.45) is 1.40. The van der Waals surface area contributed by atoms with E-state index in [9.17, 15) is 4.79 Å². The molecule has 1 aliphatic rings. The van der Waals surface area contributed by atoms with Crippen molar-refractivity contribution in [3.05, 3.63) is 11.9 Å². The van der Waals surface area contributed by atoms with Gasteiger partial charge in [0, 0.05) is 38.0 Å². The molecule has 1 aliphatic heterocycles. The van der Waals surface area contributed by atoms with Crippen molar-refractivity contribution < 1.29 is 4.79 Å². The monoisotopic (exact) mass is 263 g/mol. The minimum absolute atomic E-state index is 0.197. The molecule has 0 radical (unpaired) electrons. The van der Waals surface area contributed by atoms with Crippen molar-refractivity contribution in [3.63, 3.8) is 0 Å². The maximum absolute atomic E-state index is 11.4. The molecule has 1 atom stereocenters. The lowest BCUT2D eigenvalue weighted by atomic mass is 10.1. The Balaban J connectivity index is 2.08. The highest BCUT2D eigenvalue weighted by Crippen LogP contribution is 2.18. The zero-order valence-corrected chi connectivity index (χ0v) is 11.7. The van der Waals surface area contributed by atoms with Crippen molar-refractivity contribution in [1.82, 2.24) is 14.9 Å². The molecule has 0 saturated carbocycles. The van der Waals surface area contributed by atoms with Crippen LogP contribution in [0.25, 0.3) is 0 Å². The molecule has 6 nitrogen and oxygen atoms in total. The Hall–Kier alpha value is -1.85. The number of hydrogen-bond acceptors (Lipinski definition) is 5. The van der Waals surface area contributed by atoms with Gasteiger partial charge < -0.3 is 16.0 Å². The molecular weight excluding hydrogens is 242 g/mol. The largest absolute Gasteiger partial charge is 0.384 e.